The third kappa shape index (κ3) is 4.16. The Morgan fingerprint density at radius 1 is 1.14 bits per heavy atom. The van der Waals surface area contributed by atoms with Crippen molar-refractivity contribution in [2.24, 2.45) is 0 Å². The van der Waals surface area contributed by atoms with Gasteiger partial charge in [0.2, 0.25) is 0 Å². The van der Waals surface area contributed by atoms with E-state index in [4.69, 9.17) is 4.74 Å². The van der Waals surface area contributed by atoms with E-state index in [1.807, 2.05) is 0 Å². The second-order valence-electron chi connectivity index (χ2n) is 6.30. The number of carbonyl (C=O) groups is 1. The molecule has 0 saturated heterocycles. The quantitative estimate of drug-likeness (QED) is 0.523. The molecule has 0 aliphatic carbocycles. The summed E-state index contributed by atoms with van der Waals surface area (Å²) in [7, 11) is 1.55. The molecule has 7 nitrogen and oxygen atoms in total. The van der Waals surface area contributed by atoms with Crippen molar-refractivity contribution in [2.45, 2.75) is 6.54 Å². The number of amides is 1. The maximum atomic E-state index is 13.0. The molecule has 4 aromatic rings. The zero-order chi connectivity index (χ0) is 20.2. The number of fused-ring (bicyclic) bond motifs is 1. The fourth-order valence-electron chi connectivity index (χ4n) is 2.80. The summed E-state index contributed by atoms with van der Waals surface area (Å²) in [6.45, 7) is 0.485. The molecule has 0 aliphatic heterocycles. The van der Waals surface area contributed by atoms with Crippen LogP contribution in [0.3, 0.4) is 0 Å². The highest BCUT2D eigenvalue weighted by atomic mass is 19.1. The second kappa shape index (κ2) is 7.97. The predicted molar refractivity (Wildman–Crippen MR) is 108 cm³/mol. The molecule has 2 aromatic carbocycles. The molecule has 8 heteroatoms. The van der Waals surface area contributed by atoms with E-state index in [1.165, 1.54) is 12.1 Å². The zero-order valence-corrected chi connectivity index (χ0v) is 15.6. The van der Waals surface area contributed by atoms with Gasteiger partial charge in [-0.2, -0.15) is 4.52 Å². The van der Waals surface area contributed by atoms with Crippen LogP contribution in [-0.2, 0) is 6.54 Å². The Hall–Kier alpha value is -3.94. The lowest BCUT2D eigenvalue weighted by Crippen LogP contribution is -2.14. The molecule has 4 rings (SSSR count). The van der Waals surface area contributed by atoms with Gasteiger partial charge in [0.1, 0.15) is 17.4 Å². The molecule has 0 radical (unpaired) electrons. The number of rotatable bonds is 6. The van der Waals surface area contributed by atoms with Gasteiger partial charge in [-0.05, 0) is 48.0 Å². The highest BCUT2D eigenvalue weighted by molar-refractivity contribution is 6.04. The summed E-state index contributed by atoms with van der Waals surface area (Å²) in [6, 6.07) is 16.7. The molecule has 1 amide bonds. The fourth-order valence-corrected chi connectivity index (χ4v) is 2.80. The monoisotopic (exact) mass is 391 g/mol. The topological polar surface area (TPSA) is 80.5 Å². The van der Waals surface area contributed by atoms with Crippen LogP contribution in [0.15, 0.2) is 66.9 Å². The molecule has 0 fully saturated rings. The molecule has 146 valence electrons. The summed E-state index contributed by atoms with van der Waals surface area (Å²) >= 11 is 0. The first-order valence-corrected chi connectivity index (χ1v) is 8.91. The average molecular weight is 391 g/mol. The minimum Gasteiger partial charge on any atom is -0.497 e. The summed E-state index contributed by atoms with van der Waals surface area (Å²) in [5, 5.41) is 10.5. The molecule has 2 N–H and O–H groups in total. The number of aromatic nitrogens is 3. The number of methoxy groups -OCH3 is 1. The van der Waals surface area contributed by atoms with E-state index < -0.39 is 0 Å². The Balaban J connectivity index is 1.52. The molecule has 0 saturated carbocycles. The van der Waals surface area contributed by atoms with Crippen LogP contribution < -0.4 is 15.4 Å². The lowest BCUT2D eigenvalue weighted by Gasteiger charge is -2.08. The van der Waals surface area contributed by atoms with Crippen molar-refractivity contribution in [3.8, 4) is 5.75 Å². The number of ether oxygens (including phenoxy) is 1. The van der Waals surface area contributed by atoms with Crippen LogP contribution in [0.2, 0.25) is 0 Å². The van der Waals surface area contributed by atoms with Gasteiger partial charge in [-0.3, -0.25) is 4.79 Å². The molecule has 2 heterocycles. The number of nitrogens with zero attached hydrogens (tertiary/aromatic N) is 3. The summed E-state index contributed by atoms with van der Waals surface area (Å²) in [6.07, 6.45) is 1.55. The number of anilines is 2. The molecule has 0 aliphatic rings. The SMILES string of the molecule is COc1cccc(C(=O)Nc2cnc3ccc(NCc4ccc(F)cc4)nn23)c1. The number of halogens is 1. The number of hydrogen-bond donors (Lipinski definition) is 2. The van der Waals surface area contributed by atoms with E-state index >= 15 is 0 Å². The van der Waals surface area contributed by atoms with Crippen molar-refractivity contribution in [3.05, 3.63) is 83.8 Å². The molecule has 0 unspecified atom stereocenters. The second-order valence-corrected chi connectivity index (χ2v) is 6.30. The maximum absolute atomic E-state index is 13.0. The number of hydrogen-bond acceptors (Lipinski definition) is 5. The lowest BCUT2D eigenvalue weighted by molar-refractivity contribution is 0.102. The maximum Gasteiger partial charge on any atom is 0.256 e. The average Bonchev–Trinajstić information content (AvgIpc) is 3.15. The standard InChI is InChI=1S/C21H18FN5O2/c1-29-17-4-2-3-15(11-17)21(28)25-20-13-24-19-10-9-18(26-27(19)20)23-12-14-5-7-16(22)8-6-14/h2-11,13H,12H2,1H3,(H,23,26)(H,25,28). The van der Waals surface area contributed by atoms with Crippen LogP contribution in [0.1, 0.15) is 15.9 Å². The van der Waals surface area contributed by atoms with Crippen molar-refractivity contribution in [1.82, 2.24) is 14.6 Å². The molecule has 2 aromatic heterocycles. The van der Waals surface area contributed by atoms with Gasteiger partial charge in [0.15, 0.2) is 11.5 Å². The largest absolute Gasteiger partial charge is 0.497 e. The minimum absolute atomic E-state index is 0.275. The number of nitrogens with one attached hydrogen (secondary N) is 2. The van der Waals surface area contributed by atoms with Crippen LogP contribution in [0.5, 0.6) is 5.75 Å². The van der Waals surface area contributed by atoms with E-state index in [0.717, 1.165) is 5.56 Å². The van der Waals surface area contributed by atoms with E-state index in [1.54, 1.807) is 66.4 Å². The van der Waals surface area contributed by atoms with E-state index in [-0.39, 0.29) is 11.7 Å². The Bertz CT molecular complexity index is 1160. The molecule has 0 atom stereocenters. The summed E-state index contributed by atoms with van der Waals surface area (Å²) in [5.41, 5.74) is 1.98. The molecule has 29 heavy (non-hydrogen) atoms. The predicted octanol–water partition coefficient (Wildman–Crippen LogP) is 3.74. The molecular formula is C21H18FN5O2. The van der Waals surface area contributed by atoms with Crippen LogP contribution in [0.25, 0.3) is 5.65 Å². The summed E-state index contributed by atoms with van der Waals surface area (Å²) in [5.74, 6) is 1.07. The van der Waals surface area contributed by atoms with Crippen molar-refractivity contribution in [2.75, 3.05) is 17.7 Å². The summed E-state index contributed by atoms with van der Waals surface area (Å²) in [4.78, 5) is 16.8. The fraction of sp³-hybridized carbons (Fsp3) is 0.0952. The van der Waals surface area contributed by atoms with Crippen molar-refractivity contribution in [3.63, 3.8) is 0 Å². The van der Waals surface area contributed by atoms with E-state index in [0.29, 0.717) is 35.1 Å². The highest BCUT2D eigenvalue weighted by Crippen LogP contribution is 2.17. The Morgan fingerprint density at radius 2 is 1.97 bits per heavy atom. The van der Waals surface area contributed by atoms with Gasteiger partial charge < -0.3 is 15.4 Å². The third-order valence-electron chi connectivity index (χ3n) is 4.32. The van der Waals surface area contributed by atoms with Gasteiger partial charge in [-0.25, -0.2) is 9.37 Å². The zero-order valence-electron chi connectivity index (χ0n) is 15.6. The van der Waals surface area contributed by atoms with Crippen LogP contribution >= 0.6 is 0 Å². The van der Waals surface area contributed by atoms with Crippen molar-refractivity contribution in [1.29, 1.82) is 0 Å². The van der Waals surface area contributed by atoms with Gasteiger partial charge in [0, 0.05) is 12.1 Å². The molecular weight excluding hydrogens is 373 g/mol. The number of benzene rings is 2. The molecule has 0 spiro atoms. The van der Waals surface area contributed by atoms with Crippen LogP contribution in [0.4, 0.5) is 16.0 Å². The third-order valence-corrected chi connectivity index (χ3v) is 4.32. The highest BCUT2D eigenvalue weighted by Gasteiger charge is 2.12. The number of imidazole rings is 1. The van der Waals surface area contributed by atoms with Crippen molar-refractivity contribution >= 4 is 23.2 Å². The van der Waals surface area contributed by atoms with Gasteiger partial charge >= 0.3 is 0 Å². The Morgan fingerprint density at radius 3 is 2.76 bits per heavy atom. The first-order valence-electron chi connectivity index (χ1n) is 8.91. The normalized spacial score (nSPS) is 10.7. The van der Waals surface area contributed by atoms with Crippen LogP contribution in [-0.4, -0.2) is 27.6 Å². The smallest absolute Gasteiger partial charge is 0.256 e. The van der Waals surface area contributed by atoms with Gasteiger partial charge in [-0.1, -0.05) is 18.2 Å². The van der Waals surface area contributed by atoms with Gasteiger partial charge in [0.25, 0.3) is 5.91 Å². The number of carbonyl (C=O) groups excluding carboxylic acids is 1. The van der Waals surface area contributed by atoms with E-state index in [2.05, 4.69) is 20.7 Å². The lowest BCUT2D eigenvalue weighted by atomic mass is 10.2. The minimum atomic E-state index is -0.294. The molecule has 0 bridgehead atoms. The van der Waals surface area contributed by atoms with Crippen LogP contribution in [0, 0.1) is 5.82 Å². The van der Waals surface area contributed by atoms with Gasteiger partial charge in [0.05, 0.1) is 13.3 Å². The van der Waals surface area contributed by atoms with Crippen molar-refractivity contribution < 1.29 is 13.9 Å². The van der Waals surface area contributed by atoms with Gasteiger partial charge in [-0.15, -0.1) is 5.10 Å². The Labute approximate surface area is 166 Å². The first-order chi connectivity index (χ1) is 14.1. The Kier molecular flexibility index (Phi) is 5.07. The summed E-state index contributed by atoms with van der Waals surface area (Å²) < 4.78 is 19.7. The van der Waals surface area contributed by atoms with E-state index in [9.17, 15) is 9.18 Å². The first kappa shape index (κ1) is 18.4.